The fourth-order valence-electron chi connectivity index (χ4n) is 3.08. The zero-order chi connectivity index (χ0) is 18.9. The summed E-state index contributed by atoms with van der Waals surface area (Å²) in [5.41, 5.74) is 2.64. The van der Waals surface area contributed by atoms with Crippen molar-refractivity contribution in [3.63, 3.8) is 0 Å². The Hall–Kier alpha value is -2.38. The second-order valence-electron chi connectivity index (χ2n) is 6.32. The molecule has 0 radical (unpaired) electrons. The first-order valence-electron chi connectivity index (χ1n) is 8.41. The van der Waals surface area contributed by atoms with E-state index in [0.717, 1.165) is 16.9 Å². The van der Waals surface area contributed by atoms with Gasteiger partial charge in [-0.15, -0.1) is 0 Å². The molecular formula is C19H22N2O4S. The number of nitrogens with one attached hydrogen (secondary N) is 2. The number of fused-ring (bicyclic) bond motifs is 1. The van der Waals surface area contributed by atoms with Crippen molar-refractivity contribution in [2.45, 2.75) is 31.2 Å². The summed E-state index contributed by atoms with van der Waals surface area (Å²) in [4.78, 5) is 12.9. The molecule has 138 valence electrons. The molecule has 2 N–H and O–H groups in total. The van der Waals surface area contributed by atoms with Crippen LogP contribution in [0.3, 0.4) is 0 Å². The molecule has 1 unspecified atom stereocenters. The van der Waals surface area contributed by atoms with Crippen molar-refractivity contribution >= 4 is 15.9 Å². The zero-order valence-corrected chi connectivity index (χ0v) is 15.8. The molecule has 0 aliphatic carbocycles. The third kappa shape index (κ3) is 3.45. The van der Waals surface area contributed by atoms with Crippen LogP contribution in [0.1, 0.15) is 39.5 Å². The highest BCUT2D eigenvalue weighted by Gasteiger charge is 2.25. The summed E-state index contributed by atoms with van der Waals surface area (Å²) in [6, 6.07) is 10.6. The van der Waals surface area contributed by atoms with Crippen LogP contribution in [0.5, 0.6) is 5.75 Å². The van der Waals surface area contributed by atoms with Crippen LogP contribution >= 0.6 is 0 Å². The standard InChI is InChI=1S/C19H22N2O4S/c1-12-10-14(11-18(13(12)2)26(23,24)20-3)19(22)21-16-8-9-25-17-7-5-4-6-15(16)17/h4-7,10-11,16,20H,8-9H2,1-3H3,(H,21,22). The molecule has 0 fully saturated rings. The van der Waals surface area contributed by atoms with Gasteiger partial charge >= 0.3 is 0 Å². The van der Waals surface area contributed by atoms with Crippen molar-refractivity contribution in [2.75, 3.05) is 13.7 Å². The molecule has 1 aliphatic rings. The number of amides is 1. The Kier molecular flexibility index (Phi) is 5.02. The second kappa shape index (κ2) is 7.09. The van der Waals surface area contributed by atoms with Crippen LogP contribution in [-0.2, 0) is 10.0 Å². The van der Waals surface area contributed by atoms with Crippen molar-refractivity contribution in [1.29, 1.82) is 0 Å². The van der Waals surface area contributed by atoms with E-state index in [1.807, 2.05) is 24.3 Å². The maximum atomic E-state index is 12.8. The summed E-state index contributed by atoms with van der Waals surface area (Å²) < 4.78 is 32.4. The Morgan fingerprint density at radius 1 is 1.19 bits per heavy atom. The lowest BCUT2D eigenvalue weighted by Gasteiger charge is -2.26. The molecule has 0 saturated heterocycles. The Balaban J connectivity index is 1.92. The number of carbonyl (C=O) groups is 1. The van der Waals surface area contributed by atoms with Gasteiger partial charge in [-0.05, 0) is 50.2 Å². The van der Waals surface area contributed by atoms with Crippen LogP contribution in [0.25, 0.3) is 0 Å². The van der Waals surface area contributed by atoms with Crippen LogP contribution in [0.15, 0.2) is 41.3 Å². The van der Waals surface area contributed by atoms with Crippen LogP contribution in [-0.4, -0.2) is 28.0 Å². The number of carbonyl (C=O) groups excluding carboxylic acids is 1. The van der Waals surface area contributed by atoms with E-state index in [9.17, 15) is 13.2 Å². The molecule has 1 amide bonds. The van der Waals surface area contributed by atoms with Gasteiger partial charge < -0.3 is 10.1 Å². The van der Waals surface area contributed by atoms with Crippen molar-refractivity contribution in [3.05, 3.63) is 58.7 Å². The lowest BCUT2D eigenvalue weighted by atomic mass is 9.99. The first kappa shape index (κ1) is 18.4. The van der Waals surface area contributed by atoms with E-state index in [0.29, 0.717) is 24.2 Å². The molecule has 3 rings (SSSR count). The van der Waals surface area contributed by atoms with E-state index in [1.54, 1.807) is 19.9 Å². The fraction of sp³-hybridized carbons (Fsp3) is 0.316. The van der Waals surface area contributed by atoms with Gasteiger partial charge in [0, 0.05) is 17.5 Å². The number of ether oxygens (including phenoxy) is 1. The lowest BCUT2D eigenvalue weighted by Crippen LogP contribution is -2.32. The number of hydrogen-bond donors (Lipinski definition) is 2. The van der Waals surface area contributed by atoms with E-state index in [2.05, 4.69) is 10.0 Å². The summed E-state index contributed by atoms with van der Waals surface area (Å²) in [6.45, 7) is 4.05. The van der Waals surface area contributed by atoms with Gasteiger partial charge in [-0.1, -0.05) is 18.2 Å². The molecule has 2 aromatic carbocycles. The predicted octanol–water partition coefficient (Wildman–Crippen LogP) is 2.47. The van der Waals surface area contributed by atoms with Gasteiger partial charge in [0.1, 0.15) is 5.75 Å². The quantitative estimate of drug-likeness (QED) is 0.861. The second-order valence-corrected chi connectivity index (χ2v) is 8.18. The van der Waals surface area contributed by atoms with Crippen molar-refractivity contribution in [2.24, 2.45) is 0 Å². The van der Waals surface area contributed by atoms with Gasteiger partial charge in [-0.3, -0.25) is 4.79 Å². The van der Waals surface area contributed by atoms with Gasteiger partial charge in [-0.2, -0.15) is 0 Å². The largest absolute Gasteiger partial charge is 0.493 e. The smallest absolute Gasteiger partial charge is 0.251 e. The Labute approximate surface area is 153 Å². The van der Waals surface area contributed by atoms with Gasteiger partial charge in [0.15, 0.2) is 0 Å². The number of aryl methyl sites for hydroxylation is 1. The van der Waals surface area contributed by atoms with Crippen LogP contribution in [0.4, 0.5) is 0 Å². The van der Waals surface area contributed by atoms with E-state index >= 15 is 0 Å². The minimum atomic E-state index is -3.64. The monoisotopic (exact) mass is 374 g/mol. The molecule has 0 bridgehead atoms. The summed E-state index contributed by atoms with van der Waals surface area (Å²) >= 11 is 0. The molecule has 7 heteroatoms. The van der Waals surface area contributed by atoms with Gasteiger partial charge in [0.25, 0.3) is 5.91 Å². The number of rotatable bonds is 4. The molecule has 2 aromatic rings. The van der Waals surface area contributed by atoms with Gasteiger partial charge in [0.05, 0.1) is 17.5 Å². The summed E-state index contributed by atoms with van der Waals surface area (Å²) in [6.07, 6.45) is 0.662. The fourth-order valence-corrected chi connectivity index (χ4v) is 4.15. The minimum absolute atomic E-state index is 0.123. The molecule has 0 saturated carbocycles. The number of para-hydroxylation sites is 1. The zero-order valence-electron chi connectivity index (χ0n) is 15.0. The third-order valence-electron chi connectivity index (χ3n) is 4.70. The average Bonchev–Trinajstić information content (AvgIpc) is 2.64. The van der Waals surface area contributed by atoms with Crippen molar-refractivity contribution in [1.82, 2.24) is 10.0 Å². The van der Waals surface area contributed by atoms with Crippen LogP contribution in [0.2, 0.25) is 0 Å². The summed E-state index contributed by atoms with van der Waals surface area (Å²) in [7, 11) is -2.28. The average molecular weight is 374 g/mol. The van der Waals surface area contributed by atoms with E-state index < -0.39 is 10.0 Å². The van der Waals surface area contributed by atoms with Crippen LogP contribution in [0, 0.1) is 13.8 Å². The first-order valence-corrected chi connectivity index (χ1v) is 9.89. The molecule has 0 spiro atoms. The van der Waals surface area contributed by atoms with E-state index in [1.165, 1.54) is 13.1 Å². The maximum absolute atomic E-state index is 12.8. The highest BCUT2D eigenvalue weighted by atomic mass is 32.2. The minimum Gasteiger partial charge on any atom is -0.493 e. The number of sulfonamides is 1. The highest BCUT2D eigenvalue weighted by molar-refractivity contribution is 7.89. The molecule has 1 heterocycles. The molecule has 0 aromatic heterocycles. The molecule has 6 nitrogen and oxygen atoms in total. The normalized spacial score (nSPS) is 16.5. The summed E-state index contributed by atoms with van der Waals surface area (Å²) in [5, 5.41) is 3.00. The molecule has 26 heavy (non-hydrogen) atoms. The Bertz CT molecular complexity index is 954. The molecular weight excluding hydrogens is 352 g/mol. The SMILES string of the molecule is CNS(=O)(=O)c1cc(C(=O)NC2CCOc3ccccc32)cc(C)c1C. The molecule has 1 atom stereocenters. The molecule has 1 aliphatic heterocycles. The third-order valence-corrected chi connectivity index (χ3v) is 6.24. The van der Waals surface area contributed by atoms with Gasteiger partial charge in [-0.25, -0.2) is 13.1 Å². The topological polar surface area (TPSA) is 84.5 Å². The lowest BCUT2D eigenvalue weighted by molar-refractivity contribution is 0.0924. The predicted molar refractivity (Wildman–Crippen MR) is 98.9 cm³/mol. The number of hydrogen-bond acceptors (Lipinski definition) is 4. The van der Waals surface area contributed by atoms with Gasteiger partial charge in [0.2, 0.25) is 10.0 Å². The van der Waals surface area contributed by atoms with Crippen molar-refractivity contribution in [3.8, 4) is 5.75 Å². The number of benzene rings is 2. The van der Waals surface area contributed by atoms with E-state index in [4.69, 9.17) is 4.74 Å². The Morgan fingerprint density at radius 2 is 1.92 bits per heavy atom. The summed E-state index contributed by atoms with van der Waals surface area (Å²) in [5.74, 6) is 0.463. The highest BCUT2D eigenvalue weighted by Crippen LogP contribution is 2.32. The van der Waals surface area contributed by atoms with Crippen molar-refractivity contribution < 1.29 is 17.9 Å². The first-order chi connectivity index (χ1) is 12.3. The maximum Gasteiger partial charge on any atom is 0.251 e. The van der Waals surface area contributed by atoms with Crippen LogP contribution < -0.4 is 14.8 Å². The Morgan fingerprint density at radius 3 is 2.65 bits per heavy atom. The van der Waals surface area contributed by atoms with E-state index in [-0.39, 0.29) is 16.8 Å².